The van der Waals surface area contributed by atoms with Gasteiger partial charge in [0.15, 0.2) is 0 Å². The fourth-order valence-corrected chi connectivity index (χ4v) is 4.27. The number of benzene rings is 1. The number of rotatable bonds is 4. The zero-order valence-electron chi connectivity index (χ0n) is 13.1. The number of carbonyl (C=O) groups excluding carboxylic acids is 1. The smallest absolute Gasteiger partial charge is 0.224 e. The van der Waals surface area contributed by atoms with Gasteiger partial charge in [0, 0.05) is 37.1 Å². The molecule has 2 aliphatic heterocycles. The second-order valence-electron chi connectivity index (χ2n) is 5.95. The Morgan fingerprint density at radius 2 is 2.23 bits per heavy atom. The van der Waals surface area contributed by atoms with Gasteiger partial charge in [-0.25, -0.2) is 0 Å². The quantitative estimate of drug-likeness (QED) is 0.925. The van der Waals surface area contributed by atoms with Crippen LogP contribution in [-0.4, -0.2) is 48.6 Å². The zero-order chi connectivity index (χ0) is 15.4. The highest BCUT2D eigenvalue weighted by Crippen LogP contribution is 2.33. The van der Waals surface area contributed by atoms with Crippen molar-refractivity contribution < 1.29 is 9.53 Å². The molecule has 1 aromatic carbocycles. The summed E-state index contributed by atoms with van der Waals surface area (Å²) in [4.78, 5) is 14.7. The molecule has 0 spiro atoms. The normalized spacial score (nSPS) is 25.2. The van der Waals surface area contributed by atoms with Crippen LogP contribution in [0.1, 0.15) is 30.9 Å². The van der Waals surface area contributed by atoms with Gasteiger partial charge in [-0.2, -0.15) is 11.8 Å². The third kappa shape index (κ3) is 3.58. The fourth-order valence-electron chi connectivity index (χ4n) is 3.32. The maximum atomic E-state index is 12.7. The van der Waals surface area contributed by atoms with Crippen molar-refractivity contribution in [2.75, 3.05) is 31.7 Å². The van der Waals surface area contributed by atoms with Crippen molar-refractivity contribution in [3.05, 3.63) is 29.8 Å². The Kier molecular flexibility index (Phi) is 5.26. The standard InChI is InChI=1S/C17H24N2O2S/c1-21-15-6-4-13(5-7-15)16-3-2-9-19(16)17(20)11-14-12-22-10-8-18-14/h4-7,14,16,18H,2-3,8-12H2,1H3. The summed E-state index contributed by atoms with van der Waals surface area (Å²) >= 11 is 1.94. The number of nitrogens with one attached hydrogen (secondary N) is 1. The minimum absolute atomic E-state index is 0.231. The van der Waals surface area contributed by atoms with Crippen LogP contribution >= 0.6 is 11.8 Å². The van der Waals surface area contributed by atoms with Gasteiger partial charge in [0.25, 0.3) is 0 Å². The third-order valence-electron chi connectivity index (χ3n) is 4.49. The average Bonchev–Trinajstić information content (AvgIpc) is 3.05. The van der Waals surface area contributed by atoms with Crippen LogP contribution < -0.4 is 10.1 Å². The predicted molar refractivity (Wildman–Crippen MR) is 90.4 cm³/mol. The van der Waals surface area contributed by atoms with Crippen LogP contribution in [0.25, 0.3) is 0 Å². The summed E-state index contributed by atoms with van der Waals surface area (Å²) in [5.74, 6) is 3.36. The molecule has 2 atom stereocenters. The number of ether oxygens (including phenoxy) is 1. The molecule has 1 amide bonds. The summed E-state index contributed by atoms with van der Waals surface area (Å²) in [7, 11) is 1.68. The number of likely N-dealkylation sites (tertiary alicyclic amines) is 1. The first-order chi connectivity index (χ1) is 10.8. The molecule has 2 fully saturated rings. The summed E-state index contributed by atoms with van der Waals surface area (Å²) in [6, 6.07) is 8.71. The molecule has 0 aromatic heterocycles. The van der Waals surface area contributed by atoms with E-state index in [1.807, 2.05) is 23.9 Å². The van der Waals surface area contributed by atoms with Gasteiger partial charge in [-0.15, -0.1) is 0 Å². The number of hydrogen-bond acceptors (Lipinski definition) is 4. The average molecular weight is 320 g/mol. The SMILES string of the molecule is COc1ccc(C2CCCN2C(=O)CC2CSCCN2)cc1. The summed E-state index contributed by atoms with van der Waals surface area (Å²) in [6.07, 6.45) is 2.78. The van der Waals surface area contributed by atoms with Gasteiger partial charge in [0.1, 0.15) is 5.75 Å². The lowest BCUT2D eigenvalue weighted by atomic mass is 10.0. The number of carbonyl (C=O) groups is 1. The van der Waals surface area contributed by atoms with Crippen LogP contribution in [0.3, 0.4) is 0 Å². The van der Waals surface area contributed by atoms with Crippen LogP contribution in [0.15, 0.2) is 24.3 Å². The van der Waals surface area contributed by atoms with Crippen LogP contribution in [-0.2, 0) is 4.79 Å². The lowest BCUT2D eigenvalue weighted by molar-refractivity contribution is -0.132. The summed E-state index contributed by atoms with van der Waals surface area (Å²) < 4.78 is 5.22. The lowest BCUT2D eigenvalue weighted by Gasteiger charge is -2.29. The van der Waals surface area contributed by atoms with Crippen molar-refractivity contribution in [1.82, 2.24) is 10.2 Å². The molecule has 0 radical (unpaired) electrons. The summed E-state index contributed by atoms with van der Waals surface area (Å²) in [5, 5.41) is 3.46. The molecule has 2 unspecified atom stereocenters. The monoisotopic (exact) mass is 320 g/mol. The van der Waals surface area contributed by atoms with Crippen LogP contribution in [0, 0.1) is 0 Å². The summed E-state index contributed by atoms with van der Waals surface area (Å²) in [5.41, 5.74) is 1.22. The Hall–Kier alpha value is -1.20. The zero-order valence-corrected chi connectivity index (χ0v) is 13.9. The van der Waals surface area contributed by atoms with E-state index in [9.17, 15) is 4.79 Å². The molecule has 2 aliphatic rings. The molecule has 1 aromatic rings. The molecule has 2 heterocycles. The maximum Gasteiger partial charge on any atom is 0.224 e. The van der Waals surface area contributed by atoms with Crippen molar-refractivity contribution >= 4 is 17.7 Å². The molecule has 0 saturated carbocycles. The molecule has 1 N–H and O–H groups in total. The molecule has 22 heavy (non-hydrogen) atoms. The minimum atomic E-state index is 0.231. The summed E-state index contributed by atoms with van der Waals surface area (Å²) in [6.45, 7) is 1.90. The Labute approximate surface area is 136 Å². The minimum Gasteiger partial charge on any atom is -0.497 e. The molecular weight excluding hydrogens is 296 g/mol. The van der Waals surface area contributed by atoms with E-state index in [4.69, 9.17) is 4.74 Å². The topological polar surface area (TPSA) is 41.6 Å². The van der Waals surface area contributed by atoms with Gasteiger partial charge in [0.2, 0.25) is 5.91 Å². The second kappa shape index (κ2) is 7.38. The molecule has 2 saturated heterocycles. The van der Waals surface area contributed by atoms with E-state index in [1.165, 1.54) is 5.56 Å². The first kappa shape index (κ1) is 15.7. The van der Waals surface area contributed by atoms with Gasteiger partial charge in [0.05, 0.1) is 13.2 Å². The maximum absolute atomic E-state index is 12.7. The molecule has 3 rings (SSSR count). The largest absolute Gasteiger partial charge is 0.497 e. The van der Waals surface area contributed by atoms with E-state index in [2.05, 4.69) is 22.3 Å². The molecule has 120 valence electrons. The van der Waals surface area contributed by atoms with Crippen molar-refractivity contribution in [1.29, 1.82) is 0 Å². The molecule has 4 nitrogen and oxygen atoms in total. The highest BCUT2D eigenvalue weighted by atomic mass is 32.2. The van der Waals surface area contributed by atoms with Crippen LogP contribution in [0.2, 0.25) is 0 Å². The fraction of sp³-hybridized carbons (Fsp3) is 0.588. The van der Waals surface area contributed by atoms with Gasteiger partial charge in [-0.1, -0.05) is 12.1 Å². The van der Waals surface area contributed by atoms with Crippen LogP contribution in [0.4, 0.5) is 0 Å². The van der Waals surface area contributed by atoms with Gasteiger partial charge in [-0.05, 0) is 30.5 Å². The van der Waals surface area contributed by atoms with Crippen LogP contribution in [0.5, 0.6) is 5.75 Å². The predicted octanol–water partition coefficient (Wildman–Crippen LogP) is 2.45. The number of amides is 1. The number of hydrogen-bond donors (Lipinski definition) is 1. The van der Waals surface area contributed by atoms with Gasteiger partial charge < -0.3 is 15.0 Å². The Balaban J connectivity index is 1.64. The first-order valence-corrected chi connectivity index (χ1v) is 9.18. The van der Waals surface area contributed by atoms with E-state index < -0.39 is 0 Å². The van der Waals surface area contributed by atoms with Gasteiger partial charge in [-0.3, -0.25) is 4.79 Å². The van der Waals surface area contributed by atoms with Gasteiger partial charge >= 0.3 is 0 Å². The second-order valence-corrected chi connectivity index (χ2v) is 7.10. The lowest BCUT2D eigenvalue weighted by Crippen LogP contribution is -2.42. The first-order valence-electron chi connectivity index (χ1n) is 8.02. The molecule has 5 heteroatoms. The highest BCUT2D eigenvalue weighted by Gasteiger charge is 2.31. The van der Waals surface area contributed by atoms with Crippen molar-refractivity contribution in [2.24, 2.45) is 0 Å². The Bertz CT molecular complexity index is 500. The van der Waals surface area contributed by atoms with Crippen molar-refractivity contribution in [2.45, 2.75) is 31.3 Å². The molecule has 0 bridgehead atoms. The van der Waals surface area contributed by atoms with E-state index in [0.717, 1.165) is 43.2 Å². The third-order valence-corrected chi connectivity index (χ3v) is 5.62. The number of thioether (sulfide) groups is 1. The Morgan fingerprint density at radius 1 is 1.41 bits per heavy atom. The molecule has 0 aliphatic carbocycles. The van der Waals surface area contributed by atoms with E-state index in [0.29, 0.717) is 18.4 Å². The van der Waals surface area contributed by atoms with Crippen molar-refractivity contribution in [3.8, 4) is 5.75 Å². The van der Waals surface area contributed by atoms with E-state index in [-0.39, 0.29) is 6.04 Å². The van der Waals surface area contributed by atoms with E-state index >= 15 is 0 Å². The number of methoxy groups -OCH3 is 1. The highest BCUT2D eigenvalue weighted by molar-refractivity contribution is 7.99. The molecular formula is C17H24N2O2S. The Morgan fingerprint density at radius 3 is 2.91 bits per heavy atom. The van der Waals surface area contributed by atoms with Crippen molar-refractivity contribution in [3.63, 3.8) is 0 Å². The number of nitrogens with zero attached hydrogens (tertiary/aromatic N) is 1. The van der Waals surface area contributed by atoms with E-state index in [1.54, 1.807) is 7.11 Å².